The highest BCUT2D eigenvalue weighted by atomic mass is 32.1. The summed E-state index contributed by atoms with van der Waals surface area (Å²) in [6.45, 7) is 5.78. The molecule has 0 saturated heterocycles. The average molecular weight is 229 g/mol. The van der Waals surface area contributed by atoms with E-state index in [2.05, 4.69) is 14.9 Å². The second-order valence-corrected chi connectivity index (χ2v) is 4.46. The molecule has 0 saturated carbocycles. The van der Waals surface area contributed by atoms with Gasteiger partial charge in [0.2, 0.25) is 0 Å². The lowest BCUT2D eigenvalue weighted by molar-refractivity contribution is 0.0926. The number of aromatic nitrogens is 2. The van der Waals surface area contributed by atoms with Crippen LogP contribution in [0.1, 0.15) is 42.1 Å². The van der Waals surface area contributed by atoms with E-state index in [0.717, 1.165) is 11.5 Å². The first-order chi connectivity index (χ1) is 7.02. The Morgan fingerprint density at radius 2 is 2.20 bits per heavy atom. The van der Waals surface area contributed by atoms with Gasteiger partial charge in [-0.15, -0.1) is 5.10 Å². The van der Waals surface area contributed by atoms with E-state index in [1.54, 1.807) is 6.92 Å². The van der Waals surface area contributed by atoms with E-state index >= 15 is 0 Å². The molecule has 84 valence electrons. The molecule has 0 fully saturated rings. The highest BCUT2D eigenvalue weighted by Gasteiger charge is 2.18. The number of nitrogens with one attached hydrogen (secondary N) is 1. The highest BCUT2D eigenvalue weighted by molar-refractivity contribution is 7.08. The molecule has 0 aliphatic rings. The summed E-state index contributed by atoms with van der Waals surface area (Å²) >= 11 is 1.08. The molecule has 0 unspecified atom stereocenters. The standard InChI is InChI=1S/C9H15N3O2S/c1-5(2)7-8(15-12-11-7)9(14)10-4-6(3)13/h5-6,13H,4H2,1-3H3,(H,10,14)/t6-/m0/s1. The summed E-state index contributed by atoms with van der Waals surface area (Å²) < 4.78 is 3.76. The lowest BCUT2D eigenvalue weighted by Crippen LogP contribution is -2.30. The number of carbonyl (C=O) groups is 1. The largest absolute Gasteiger partial charge is 0.392 e. The minimum Gasteiger partial charge on any atom is -0.392 e. The van der Waals surface area contributed by atoms with E-state index in [0.29, 0.717) is 10.6 Å². The van der Waals surface area contributed by atoms with E-state index in [-0.39, 0.29) is 18.4 Å². The Kier molecular flexibility index (Phi) is 4.16. The summed E-state index contributed by atoms with van der Waals surface area (Å²) in [4.78, 5) is 12.2. The number of carbonyl (C=O) groups excluding carboxylic acids is 1. The first-order valence-corrected chi connectivity index (χ1v) is 5.58. The molecule has 2 N–H and O–H groups in total. The number of aliphatic hydroxyl groups excluding tert-OH is 1. The molecule has 1 heterocycles. The Labute approximate surface area is 92.7 Å². The summed E-state index contributed by atoms with van der Waals surface area (Å²) in [5.41, 5.74) is 0.711. The van der Waals surface area contributed by atoms with Gasteiger partial charge in [0.1, 0.15) is 4.88 Å². The maximum absolute atomic E-state index is 11.6. The van der Waals surface area contributed by atoms with Gasteiger partial charge in [0, 0.05) is 6.54 Å². The fraction of sp³-hybridized carbons (Fsp3) is 0.667. The smallest absolute Gasteiger partial charge is 0.265 e. The lowest BCUT2D eigenvalue weighted by Gasteiger charge is -2.07. The SMILES string of the molecule is CC(C)c1nnsc1C(=O)NC[C@H](C)O. The van der Waals surface area contributed by atoms with Gasteiger partial charge in [-0.1, -0.05) is 18.3 Å². The van der Waals surface area contributed by atoms with Crippen molar-refractivity contribution in [3.8, 4) is 0 Å². The third-order valence-electron chi connectivity index (χ3n) is 1.82. The van der Waals surface area contributed by atoms with Gasteiger partial charge in [0.05, 0.1) is 11.8 Å². The number of hydrogen-bond donors (Lipinski definition) is 2. The van der Waals surface area contributed by atoms with Crippen LogP contribution in [0.5, 0.6) is 0 Å². The van der Waals surface area contributed by atoms with Crippen LogP contribution >= 0.6 is 11.5 Å². The van der Waals surface area contributed by atoms with Crippen LogP contribution < -0.4 is 5.32 Å². The fourth-order valence-corrected chi connectivity index (χ4v) is 1.79. The predicted octanol–water partition coefficient (Wildman–Crippen LogP) is 0.772. The lowest BCUT2D eigenvalue weighted by atomic mass is 10.1. The Balaban J connectivity index is 2.69. The van der Waals surface area contributed by atoms with Crippen LogP contribution in [0.3, 0.4) is 0 Å². The van der Waals surface area contributed by atoms with E-state index in [1.807, 2.05) is 13.8 Å². The van der Waals surface area contributed by atoms with Gasteiger partial charge in [0.25, 0.3) is 5.91 Å². The van der Waals surface area contributed by atoms with Gasteiger partial charge >= 0.3 is 0 Å². The minimum absolute atomic E-state index is 0.177. The maximum Gasteiger partial charge on any atom is 0.265 e. The van der Waals surface area contributed by atoms with E-state index in [1.165, 1.54) is 0 Å². The van der Waals surface area contributed by atoms with Crippen molar-refractivity contribution in [1.82, 2.24) is 14.9 Å². The average Bonchev–Trinajstić information content (AvgIpc) is 2.62. The molecule has 1 aromatic heterocycles. The molecular weight excluding hydrogens is 214 g/mol. The van der Waals surface area contributed by atoms with Crippen molar-refractivity contribution < 1.29 is 9.90 Å². The Bertz CT molecular complexity index is 336. The second-order valence-electron chi connectivity index (χ2n) is 3.70. The molecule has 0 aliphatic carbocycles. The Morgan fingerprint density at radius 3 is 2.73 bits per heavy atom. The number of hydrogen-bond acceptors (Lipinski definition) is 5. The molecule has 1 rings (SSSR count). The minimum atomic E-state index is -0.544. The zero-order valence-electron chi connectivity index (χ0n) is 9.02. The van der Waals surface area contributed by atoms with Crippen LogP contribution in [0.2, 0.25) is 0 Å². The first-order valence-electron chi connectivity index (χ1n) is 4.81. The fourth-order valence-electron chi connectivity index (χ4n) is 1.05. The van der Waals surface area contributed by atoms with Crippen LogP contribution in [-0.4, -0.2) is 33.2 Å². The zero-order chi connectivity index (χ0) is 11.4. The molecule has 1 atom stereocenters. The first kappa shape index (κ1) is 12.1. The zero-order valence-corrected chi connectivity index (χ0v) is 9.84. The van der Waals surface area contributed by atoms with Crippen molar-refractivity contribution in [1.29, 1.82) is 0 Å². The van der Waals surface area contributed by atoms with Crippen molar-refractivity contribution >= 4 is 17.4 Å². The van der Waals surface area contributed by atoms with Crippen LogP contribution in [-0.2, 0) is 0 Å². The molecular formula is C9H15N3O2S. The van der Waals surface area contributed by atoms with Gasteiger partial charge in [-0.3, -0.25) is 4.79 Å². The topological polar surface area (TPSA) is 75.1 Å². The monoisotopic (exact) mass is 229 g/mol. The third kappa shape index (κ3) is 3.24. The maximum atomic E-state index is 11.6. The molecule has 0 aromatic carbocycles. The summed E-state index contributed by atoms with van der Waals surface area (Å²) in [6.07, 6.45) is -0.544. The van der Waals surface area contributed by atoms with E-state index in [9.17, 15) is 4.79 Å². The van der Waals surface area contributed by atoms with Gasteiger partial charge in [-0.25, -0.2) is 0 Å². The summed E-state index contributed by atoms with van der Waals surface area (Å²) in [7, 11) is 0. The Hall–Kier alpha value is -1.01. The van der Waals surface area contributed by atoms with Crippen molar-refractivity contribution in [3.63, 3.8) is 0 Å². The predicted molar refractivity (Wildman–Crippen MR) is 58.0 cm³/mol. The molecule has 6 heteroatoms. The number of nitrogens with zero attached hydrogens (tertiary/aromatic N) is 2. The van der Waals surface area contributed by atoms with Crippen LogP contribution in [0.25, 0.3) is 0 Å². The summed E-state index contributed by atoms with van der Waals surface area (Å²) in [6, 6.07) is 0. The molecule has 0 aliphatic heterocycles. The van der Waals surface area contributed by atoms with Gasteiger partial charge in [0.15, 0.2) is 0 Å². The number of amides is 1. The van der Waals surface area contributed by atoms with Crippen molar-refractivity contribution in [2.75, 3.05) is 6.54 Å². The van der Waals surface area contributed by atoms with E-state index < -0.39 is 6.10 Å². The number of rotatable bonds is 4. The second kappa shape index (κ2) is 5.18. The molecule has 0 bridgehead atoms. The van der Waals surface area contributed by atoms with Crippen LogP contribution in [0.15, 0.2) is 0 Å². The highest BCUT2D eigenvalue weighted by Crippen LogP contribution is 2.19. The van der Waals surface area contributed by atoms with E-state index in [4.69, 9.17) is 5.11 Å². The molecule has 5 nitrogen and oxygen atoms in total. The Morgan fingerprint density at radius 1 is 1.53 bits per heavy atom. The van der Waals surface area contributed by atoms with Gasteiger partial charge < -0.3 is 10.4 Å². The van der Waals surface area contributed by atoms with Crippen molar-refractivity contribution in [3.05, 3.63) is 10.6 Å². The van der Waals surface area contributed by atoms with Gasteiger partial charge in [-0.2, -0.15) is 0 Å². The van der Waals surface area contributed by atoms with Crippen molar-refractivity contribution in [2.24, 2.45) is 0 Å². The summed E-state index contributed by atoms with van der Waals surface area (Å²) in [5.74, 6) is -0.0364. The molecule has 1 amide bonds. The molecule has 15 heavy (non-hydrogen) atoms. The molecule has 0 radical (unpaired) electrons. The van der Waals surface area contributed by atoms with Gasteiger partial charge in [-0.05, 0) is 24.4 Å². The third-order valence-corrected chi connectivity index (χ3v) is 2.56. The van der Waals surface area contributed by atoms with Crippen LogP contribution in [0.4, 0.5) is 0 Å². The van der Waals surface area contributed by atoms with Crippen molar-refractivity contribution in [2.45, 2.75) is 32.8 Å². The molecule has 1 aromatic rings. The normalized spacial score (nSPS) is 12.9. The quantitative estimate of drug-likeness (QED) is 0.799. The number of aliphatic hydroxyl groups is 1. The molecule has 0 spiro atoms. The van der Waals surface area contributed by atoms with Crippen LogP contribution in [0, 0.1) is 0 Å². The summed E-state index contributed by atoms with van der Waals surface area (Å²) in [5, 5.41) is 15.6.